The van der Waals surface area contributed by atoms with Crippen LogP contribution in [0.1, 0.15) is 33.0 Å². The van der Waals surface area contributed by atoms with Crippen molar-refractivity contribution in [2.45, 2.75) is 38.4 Å². The van der Waals surface area contributed by atoms with Gasteiger partial charge in [0.2, 0.25) is 11.9 Å². The lowest BCUT2D eigenvalue weighted by Gasteiger charge is -2.27. The monoisotopic (exact) mass is 589 g/mol. The van der Waals surface area contributed by atoms with E-state index in [2.05, 4.69) is 65.4 Å². The summed E-state index contributed by atoms with van der Waals surface area (Å²) in [6.07, 6.45) is 7.69. The third-order valence-electron chi connectivity index (χ3n) is 8.03. The van der Waals surface area contributed by atoms with Crippen molar-refractivity contribution in [3.8, 4) is 11.1 Å². The number of nitrogens with one attached hydrogen (secondary N) is 3. The molecule has 4 aromatic rings. The predicted octanol–water partition coefficient (Wildman–Crippen LogP) is 1.09. The van der Waals surface area contributed by atoms with Crippen molar-refractivity contribution < 1.29 is 9.59 Å². The van der Waals surface area contributed by atoms with Crippen LogP contribution in [0.5, 0.6) is 0 Å². The normalized spacial score (nSPS) is 16.5. The minimum absolute atomic E-state index is 0. The molecule has 7 rings (SSSR count). The van der Waals surface area contributed by atoms with Crippen LogP contribution in [0, 0.1) is 0 Å². The van der Waals surface area contributed by atoms with Gasteiger partial charge in [0.25, 0.3) is 5.91 Å². The summed E-state index contributed by atoms with van der Waals surface area (Å²) in [6.45, 7) is 3.63. The molecular formula is C28H32ClN11O2. The van der Waals surface area contributed by atoms with E-state index < -0.39 is 0 Å². The van der Waals surface area contributed by atoms with Gasteiger partial charge >= 0.3 is 0 Å². The first-order chi connectivity index (χ1) is 20.1. The molecule has 5 heterocycles. The first-order valence-electron chi connectivity index (χ1n) is 14.0. The zero-order valence-electron chi connectivity index (χ0n) is 23.0. The summed E-state index contributed by atoms with van der Waals surface area (Å²) >= 11 is 0. The molecule has 1 saturated heterocycles. The second-order valence-electron chi connectivity index (χ2n) is 10.7. The fourth-order valence-corrected chi connectivity index (χ4v) is 5.83. The van der Waals surface area contributed by atoms with E-state index in [-0.39, 0.29) is 36.8 Å². The standard InChI is InChI=1S/C28H31N11O2.ClH/c40-25(38-8-5-23-24(16-38)34-36-33-23)17-39-15-22(26(35-39)27(41)37-9-6-29-7-10-37)20-13-30-28(31-14-20)32-21-11-18-3-1-2-4-19(18)12-21;/h1-4,13-15,21,29H,5-12,16-17H2,(H,30,31,32)(H,33,34,36);1H. The molecule has 0 radical (unpaired) electrons. The zero-order valence-corrected chi connectivity index (χ0v) is 23.8. The second-order valence-corrected chi connectivity index (χ2v) is 10.7. The summed E-state index contributed by atoms with van der Waals surface area (Å²) in [6, 6.07) is 8.70. The van der Waals surface area contributed by atoms with Gasteiger partial charge in [-0.1, -0.05) is 24.3 Å². The van der Waals surface area contributed by atoms with Gasteiger partial charge in [0.15, 0.2) is 5.69 Å². The van der Waals surface area contributed by atoms with E-state index in [4.69, 9.17) is 0 Å². The molecule has 1 aliphatic carbocycles. The first kappa shape index (κ1) is 27.8. The lowest BCUT2D eigenvalue weighted by molar-refractivity contribution is -0.133. The Morgan fingerprint density at radius 2 is 1.67 bits per heavy atom. The maximum atomic E-state index is 13.6. The molecule has 0 spiro atoms. The molecule has 0 unspecified atom stereocenters. The Kier molecular flexibility index (Phi) is 7.85. The predicted molar refractivity (Wildman–Crippen MR) is 156 cm³/mol. The quantitative estimate of drug-likeness (QED) is 0.300. The maximum absolute atomic E-state index is 13.6. The second kappa shape index (κ2) is 11.9. The molecule has 2 amide bonds. The van der Waals surface area contributed by atoms with Crippen LogP contribution in [0.25, 0.3) is 11.1 Å². The molecule has 1 fully saturated rings. The van der Waals surface area contributed by atoms with Gasteiger partial charge in [0, 0.05) is 74.9 Å². The van der Waals surface area contributed by atoms with Gasteiger partial charge < -0.3 is 20.4 Å². The Bertz CT molecular complexity index is 1550. The topological polar surface area (TPSA) is 150 Å². The highest BCUT2D eigenvalue weighted by Crippen LogP contribution is 2.26. The van der Waals surface area contributed by atoms with Crippen LogP contribution in [0.3, 0.4) is 0 Å². The molecule has 0 bridgehead atoms. The lowest BCUT2D eigenvalue weighted by Crippen LogP contribution is -2.46. The van der Waals surface area contributed by atoms with Gasteiger partial charge in [-0.05, 0) is 24.0 Å². The molecule has 42 heavy (non-hydrogen) atoms. The highest BCUT2D eigenvalue weighted by molar-refractivity contribution is 5.99. The number of aromatic nitrogens is 7. The van der Waals surface area contributed by atoms with Crippen LogP contribution in [-0.4, -0.2) is 95.5 Å². The molecule has 0 saturated carbocycles. The minimum atomic E-state index is -0.163. The number of halogens is 1. The van der Waals surface area contributed by atoms with Crippen LogP contribution < -0.4 is 10.6 Å². The van der Waals surface area contributed by atoms with Crippen LogP contribution in [0.2, 0.25) is 0 Å². The van der Waals surface area contributed by atoms with E-state index in [1.54, 1.807) is 33.1 Å². The number of nitrogens with zero attached hydrogens (tertiary/aromatic N) is 8. The van der Waals surface area contributed by atoms with Crippen LogP contribution >= 0.6 is 12.4 Å². The molecule has 14 heteroatoms. The van der Waals surface area contributed by atoms with E-state index in [1.165, 1.54) is 11.1 Å². The van der Waals surface area contributed by atoms with Crippen molar-refractivity contribution in [1.29, 1.82) is 0 Å². The van der Waals surface area contributed by atoms with Gasteiger partial charge in [-0.3, -0.25) is 14.3 Å². The number of carbonyl (C=O) groups is 2. The fraction of sp³-hybridized carbons (Fsp3) is 0.393. The van der Waals surface area contributed by atoms with Gasteiger partial charge in [-0.15, -0.1) is 12.4 Å². The van der Waals surface area contributed by atoms with Gasteiger partial charge in [-0.2, -0.15) is 20.5 Å². The van der Waals surface area contributed by atoms with Crippen molar-refractivity contribution in [3.63, 3.8) is 0 Å². The SMILES string of the molecule is Cl.O=C(Cn1cc(-c2cnc(NC3Cc4ccccc4C3)nc2)c(C(=O)N2CCNCC2)n1)N1CCc2n[nH]nc2C1. The van der Waals surface area contributed by atoms with Crippen LogP contribution in [0.4, 0.5) is 5.95 Å². The molecule has 1 aromatic carbocycles. The highest BCUT2D eigenvalue weighted by atomic mass is 35.5. The van der Waals surface area contributed by atoms with Crippen molar-refractivity contribution in [1.82, 2.24) is 50.3 Å². The van der Waals surface area contributed by atoms with E-state index in [0.29, 0.717) is 55.4 Å². The number of fused-ring (bicyclic) bond motifs is 2. The molecule has 3 aliphatic rings. The molecule has 13 nitrogen and oxygen atoms in total. The summed E-state index contributed by atoms with van der Waals surface area (Å²) < 4.78 is 1.55. The zero-order chi connectivity index (χ0) is 27.8. The minimum Gasteiger partial charge on any atom is -0.351 e. The summed E-state index contributed by atoms with van der Waals surface area (Å²) in [5.41, 5.74) is 5.97. The fourth-order valence-electron chi connectivity index (χ4n) is 5.83. The van der Waals surface area contributed by atoms with Gasteiger partial charge in [0.1, 0.15) is 12.2 Å². The number of anilines is 1. The summed E-state index contributed by atoms with van der Waals surface area (Å²) in [7, 11) is 0. The molecule has 3 N–H and O–H groups in total. The van der Waals surface area contributed by atoms with Crippen molar-refractivity contribution in [3.05, 3.63) is 71.1 Å². The van der Waals surface area contributed by atoms with Crippen molar-refractivity contribution >= 4 is 30.2 Å². The molecule has 0 atom stereocenters. The largest absolute Gasteiger partial charge is 0.351 e. The number of hydrogen-bond acceptors (Lipinski definition) is 9. The van der Waals surface area contributed by atoms with Crippen LogP contribution in [-0.2, 0) is 37.1 Å². The third-order valence-corrected chi connectivity index (χ3v) is 8.03. The molecule has 3 aromatic heterocycles. The third kappa shape index (κ3) is 5.57. The average Bonchev–Trinajstić information content (AvgIpc) is 3.75. The molecule has 2 aliphatic heterocycles. The van der Waals surface area contributed by atoms with E-state index in [9.17, 15) is 9.59 Å². The Balaban J connectivity index is 0.00000316. The van der Waals surface area contributed by atoms with Crippen molar-refractivity contribution in [2.24, 2.45) is 0 Å². The first-order valence-corrected chi connectivity index (χ1v) is 14.0. The lowest BCUT2D eigenvalue weighted by atomic mass is 10.1. The number of amides is 2. The average molecular weight is 590 g/mol. The summed E-state index contributed by atoms with van der Waals surface area (Å²) in [4.78, 5) is 39.4. The Labute approximate surface area is 248 Å². The van der Waals surface area contributed by atoms with E-state index in [0.717, 1.165) is 37.3 Å². The number of hydrogen-bond donors (Lipinski definition) is 3. The van der Waals surface area contributed by atoms with Crippen LogP contribution in [0.15, 0.2) is 42.9 Å². The van der Waals surface area contributed by atoms with Crippen molar-refractivity contribution in [2.75, 3.05) is 38.0 Å². The molecular weight excluding hydrogens is 558 g/mol. The summed E-state index contributed by atoms with van der Waals surface area (Å²) in [5.74, 6) is 0.285. The maximum Gasteiger partial charge on any atom is 0.275 e. The molecule has 218 valence electrons. The Morgan fingerprint density at radius 3 is 2.40 bits per heavy atom. The number of aromatic amines is 1. The Morgan fingerprint density at radius 1 is 0.952 bits per heavy atom. The number of rotatable bonds is 6. The smallest absolute Gasteiger partial charge is 0.275 e. The number of H-pyrrole nitrogens is 1. The van der Waals surface area contributed by atoms with E-state index in [1.807, 2.05) is 0 Å². The van der Waals surface area contributed by atoms with E-state index >= 15 is 0 Å². The number of piperazine rings is 1. The van der Waals surface area contributed by atoms with Gasteiger partial charge in [0.05, 0.1) is 12.2 Å². The number of benzene rings is 1. The summed E-state index contributed by atoms with van der Waals surface area (Å²) in [5, 5.41) is 22.2. The van der Waals surface area contributed by atoms with Gasteiger partial charge in [-0.25, -0.2) is 9.97 Å². The number of carbonyl (C=O) groups excluding carboxylic acids is 2. The highest BCUT2D eigenvalue weighted by Gasteiger charge is 2.28. The Hall–Kier alpha value is -4.36.